The molecule has 3 rings (SSSR count). The molecule has 2 heteroatoms. The van der Waals surface area contributed by atoms with Gasteiger partial charge in [0.2, 0.25) is 0 Å². The molecular formula is C16H10N2. The summed E-state index contributed by atoms with van der Waals surface area (Å²) in [6.45, 7) is 0. The lowest BCUT2D eigenvalue weighted by atomic mass is 9.97. The predicted octanol–water partition coefficient (Wildman–Crippen LogP) is 3.77. The summed E-state index contributed by atoms with van der Waals surface area (Å²) in [5.74, 6) is 0. The zero-order valence-electron chi connectivity index (χ0n) is 9.67. The molecule has 1 heterocycles. The van der Waals surface area contributed by atoms with Gasteiger partial charge in [-0.2, -0.15) is 5.26 Å². The molecule has 2 aromatic carbocycles. The first kappa shape index (κ1) is 10.5. The molecule has 0 aliphatic heterocycles. The standard InChI is InChI=1S/C16H10N2/c17-11-15-13-6-2-1-5-12(13)8-9-14(15)16-7-3-4-10-18-16/h1-10H. The van der Waals surface area contributed by atoms with Gasteiger partial charge in [-0.3, -0.25) is 4.98 Å². The zero-order valence-corrected chi connectivity index (χ0v) is 9.67. The summed E-state index contributed by atoms with van der Waals surface area (Å²) < 4.78 is 0. The van der Waals surface area contributed by atoms with Crippen molar-refractivity contribution in [2.24, 2.45) is 0 Å². The van der Waals surface area contributed by atoms with Crippen LogP contribution < -0.4 is 0 Å². The average Bonchev–Trinajstić information content (AvgIpc) is 2.47. The van der Waals surface area contributed by atoms with Gasteiger partial charge >= 0.3 is 0 Å². The summed E-state index contributed by atoms with van der Waals surface area (Å²) in [5, 5.41) is 11.5. The van der Waals surface area contributed by atoms with Gasteiger partial charge in [0.1, 0.15) is 6.07 Å². The first-order valence-electron chi connectivity index (χ1n) is 5.73. The van der Waals surface area contributed by atoms with Crippen LogP contribution in [0, 0.1) is 11.3 Å². The minimum absolute atomic E-state index is 0.687. The van der Waals surface area contributed by atoms with Crippen molar-refractivity contribution in [3.05, 3.63) is 66.4 Å². The normalized spacial score (nSPS) is 10.2. The quantitative estimate of drug-likeness (QED) is 0.638. The van der Waals surface area contributed by atoms with Gasteiger partial charge in [-0.05, 0) is 17.5 Å². The van der Waals surface area contributed by atoms with Crippen molar-refractivity contribution in [2.45, 2.75) is 0 Å². The number of nitriles is 1. The lowest BCUT2D eigenvalue weighted by Crippen LogP contribution is -1.89. The predicted molar refractivity (Wildman–Crippen MR) is 71.9 cm³/mol. The van der Waals surface area contributed by atoms with Crippen molar-refractivity contribution in [1.82, 2.24) is 4.98 Å². The van der Waals surface area contributed by atoms with E-state index in [1.165, 1.54) is 0 Å². The summed E-state index contributed by atoms with van der Waals surface area (Å²) in [4.78, 5) is 4.31. The highest BCUT2D eigenvalue weighted by atomic mass is 14.7. The fourth-order valence-corrected chi connectivity index (χ4v) is 2.13. The van der Waals surface area contributed by atoms with Crippen LogP contribution in [0.4, 0.5) is 0 Å². The maximum atomic E-state index is 9.40. The monoisotopic (exact) mass is 230 g/mol. The van der Waals surface area contributed by atoms with Crippen LogP contribution >= 0.6 is 0 Å². The Morgan fingerprint density at radius 2 is 1.72 bits per heavy atom. The molecule has 3 aromatic rings. The molecule has 0 bridgehead atoms. The molecule has 0 saturated heterocycles. The van der Waals surface area contributed by atoms with Crippen LogP contribution in [-0.2, 0) is 0 Å². The van der Waals surface area contributed by atoms with E-state index in [-0.39, 0.29) is 0 Å². The van der Waals surface area contributed by atoms with Crippen molar-refractivity contribution < 1.29 is 0 Å². The highest BCUT2D eigenvalue weighted by Gasteiger charge is 2.09. The molecule has 0 fully saturated rings. The van der Waals surface area contributed by atoms with E-state index in [9.17, 15) is 5.26 Å². The van der Waals surface area contributed by atoms with Gasteiger partial charge in [0, 0.05) is 17.1 Å². The minimum atomic E-state index is 0.687. The summed E-state index contributed by atoms with van der Waals surface area (Å²) in [5.41, 5.74) is 2.41. The number of pyridine rings is 1. The lowest BCUT2D eigenvalue weighted by Gasteiger charge is -2.06. The van der Waals surface area contributed by atoms with Gasteiger partial charge in [0.05, 0.1) is 11.3 Å². The van der Waals surface area contributed by atoms with Gasteiger partial charge in [-0.15, -0.1) is 0 Å². The van der Waals surface area contributed by atoms with Crippen molar-refractivity contribution in [3.63, 3.8) is 0 Å². The maximum absolute atomic E-state index is 9.40. The molecule has 0 spiro atoms. The van der Waals surface area contributed by atoms with E-state index in [0.29, 0.717) is 5.56 Å². The number of rotatable bonds is 1. The Morgan fingerprint density at radius 1 is 0.889 bits per heavy atom. The second-order valence-electron chi connectivity index (χ2n) is 4.04. The molecule has 0 radical (unpaired) electrons. The van der Waals surface area contributed by atoms with Gasteiger partial charge in [-0.1, -0.05) is 42.5 Å². The Balaban J connectivity index is 2.35. The van der Waals surface area contributed by atoms with Gasteiger partial charge < -0.3 is 0 Å². The van der Waals surface area contributed by atoms with Crippen molar-refractivity contribution in [3.8, 4) is 17.3 Å². The number of benzene rings is 2. The molecular weight excluding hydrogens is 220 g/mol. The third kappa shape index (κ3) is 1.63. The number of nitrogens with zero attached hydrogens (tertiary/aromatic N) is 2. The van der Waals surface area contributed by atoms with E-state index < -0.39 is 0 Å². The van der Waals surface area contributed by atoms with Gasteiger partial charge in [0.15, 0.2) is 0 Å². The molecule has 0 amide bonds. The first-order chi connectivity index (χ1) is 8.90. The summed E-state index contributed by atoms with van der Waals surface area (Å²) in [6, 6.07) is 19.9. The summed E-state index contributed by atoms with van der Waals surface area (Å²) in [6.07, 6.45) is 1.74. The molecule has 0 aliphatic carbocycles. The second-order valence-corrected chi connectivity index (χ2v) is 4.04. The van der Waals surface area contributed by atoms with Crippen LogP contribution in [0.15, 0.2) is 60.8 Å². The van der Waals surface area contributed by atoms with E-state index in [1.54, 1.807) is 6.20 Å². The van der Waals surface area contributed by atoms with Crippen molar-refractivity contribution >= 4 is 10.8 Å². The molecule has 18 heavy (non-hydrogen) atoms. The van der Waals surface area contributed by atoms with Gasteiger partial charge in [-0.25, -0.2) is 0 Å². The third-order valence-corrected chi connectivity index (χ3v) is 2.98. The summed E-state index contributed by atoms with van der Waals surface area (Å²) in [7, 11) is 0. The van der Waals surface area contributed by atoms with E-state index >= 15 is 0 Å². The highest BCUT2D eigenvalue weighted by Crippen LogP contribution is 2.28. The molecule has 0 N–H and O–H groups in total. The van der Waals surface area contributed by atoms with E-state index in [2.05, 4.69) is 11.1 Å². The largest absolute Gasteiger partial charge is 0.256 e. The smallest absolute Gasteiger partial charge is 0.100 e. The van der Waals surface area contributed by atoms with Crippen LogP contribution in [0.25, 0.3) is 22.0 Å². The fourth-order valence-electron chi connectivity index (χ4n) is 2.13. The van der Waals surface area contributed by atoms with E-state index in [4.69, 9.17) is 0 Å². The van der Waals surface area contributed by atoms with E-state index in [0.717, 1.165) is 22.0 Å². The van der Waals surface area contributed by atoms with Crippen LogP contribution in [0.3, 0.4) is 0 Å². The maximum Gasteiger partial charge on any atom is 0.100 e. The van der Waals surface area contributed by atoms with Crippen molar-refractivity contribution in [2.75, 3.05) is 0 Å². The SMILES string of the molecule is N#Cc1c(-c2ccccn2)ccc2ccccc12. The third-order valence-electron chi connectivity index (χ3n) is 2.98. The molecule has 0 saturated carbocycles. The molecule has 0 atom stereocenters. The van der Waals surface area contributed by atoms with Crippen LogP contribution in [-0.4, -0.2) is 4.98 Å². The minimum Gasteiger partial charge on any atom is -0.256 e. The Bertz CT molecular complexity index is 740. The lowest BCUT2D eigenvalue weighted by molar-refractivity contribution is 1.32. The Morgan fingerprint density at radius 3 is 2.50 bits per heavy atom. The highest BCUT2D eigenvalue weighted by molar-refractivity contribution is 5.93. The number of fused-ring (bicyclic) bond motifs is 1. The Labute approximate surface area is 105 Å². The molecule has 2 nitrogen and oxygen atoms in total. The van der Waals surface area contributed by atoms with E-state index in [1.807, 2.05) is 54.6 Å². The molecule has 0 unspecified atom stereocenters. The Kier molecular flexibility index (Phi) is 2.51. The van der Waals surface area contributed by atoms with Crippen LogP contribution in [0.2, 0.25) is 0 Å². The first-order valence-corrected chi connectivity index (χ1v) is 5.73. The number of aromatic nitrogens is 1. The number of hydrogen-bond donors (Lipinski definition) is 0. The zero-order chi connectivity index (χ0) is 12.4. The number of hydrogen-bond acceptors (Lipinski definition) is 2. The second kappa shape index (κ2) is 4.31. The molecule has 84 valence electrons. The van der Waals surface area contributed by atoms with Crippen LogP contribution in [0.1, 0.15) is 5.56 Å². The fraction of sp³-hybridized carbons (Fsp3) is 0. The average molecular weight is 230 g/mol. The van der Waals surface area contributed by atoms with Crippen molar-refractivity contribution in [1.29, 1.82) is 5.26 Å². The summed E-state index contributed by atoms with van der Waals surface area (Å²) >= 11 is 0. The Hall–Kier alpha value is -2.66. The topological polar surface area (TPSA) is 36.7 Å². The van der Waals surface area contributed by atoms with Crippen LogP contribution in [0.5, 0.6) is 0 Å². The van der Waals surface area contributed by atoms with Gasteiger partial charge in [0.25, 0.3) is 0 Å². The molecule has 1 aromatic heterocycles. The molecule has 0 aliphatic rings.